The molecule has 6 heteroatoms. The Hall–Kier alpha value is -3.02. The molecule has 1 aliphatic heterocycles. The van der Waals surface area contributed by atoms with Crippen molar-refractivity contribution < 1.29 is 23.8 Å². The van der Waals surface area contributed by atoms with Crippen molar-refractivity contribution >= 4 is 11.9 Å². The number of amides is 1. The molecule has 1 amide bonds. The number of benzene rings is 2. The Kier molecular flexibility index (Phi) is 4.65. The van der Waals surface area contributed by atoms with E-state index in [9.17, 15) is 9.59 Å². The topological polar surface area (TPSA) is 73.9 Å². The van der Waals surface area contributed by atoms with Gasteiger partial charge in [-0.3, -0.25) is 4.79 Å². The summed E-state index contributed by atoms with van der Waals surface area (Å²) < 4.78 is 15.9. The molecule has 24 heavy (non-hydrogen) atoms. The highest BCUT2D eigenvalue weighted by atomic mass is 16.5. The highest BCUT2D eigenvalue weighted by molar-refractivity contribution is 6.32. The lowest BCUT2D eigenvalue weighted by atomic mass is 10.1. The minimum Gasteiger partial charge on any atom is -0.488 e. The van der Waals surface area contributed by atoms with Gasteiger partial charge in [0.05, 0.1) is 13.7 Å². The second-order valence-corrected chi connectivity index (χ2v) is 5.33. The lowest BCUT2D eigenvalue weighted by molar-refractivity contribution is -0.152. The molecule has 1 aliphatic rings. The molecule has 124 valence electrons. The van der Waals surface area contributed by atoms with Gasteiger partial charge in [0, 0.05) is 12.0 Å². The molecule has 0 saturated carbocycles. The predicted molar refractivity (Wildman–Crippen MR) is 86.1 cm³/mol. The molecule has 3 rings (SSSR count). The zero-order chi connectivity index (χ0) is 16.9. The number of para-hydroxylation sites is 1. The van der Waals surface area contributed by atoms with E-state index in [1.165, 1.54) is 0 Å². The average molecular weight is 327 g/mol. The number of rotatable bonds is 4. The second kappa shape index (κ2) is 7.04. The van der Waals surface area contributed by atoms with Crippen molar-refractivity contribution in [1.82, 2.24) is 5.32 Å². The summed E-state index contributed by atoms with van der Waals surface area (Å²) in [6.07, 6.45) is 0.406. The first-order valence-corrected chi connectivity index (χ1v) is 7.54. The fraction of sp³-hybridized carbons (Fsp3) is 0.222. The number of carbonyl (C=O) groups is 2. The average Bonchev–Trinajstić information content (AvgIpc) is 3.02. The van der Waals surface area contributed by atoms with Crippen molar-refractivity contribution in [3.63, 3.8) is 0 Å². The molecule has 6 nitrogen and oxygen atoms in total. The zero-order valence-corrected chi connectivity index (χ0v) is 13.2. The molecule has 0 saturated heterocycles. The largest absolute Gasteiger partial charge is 0.488 e. The predicted octanol–water partition coefficient (Wildman–Crippen LogP) is 2.07. The first-order valence-electron chi connectivity index (χ1n) is 7.54. The SMILES string of the molecule is COC(=O)C(=O)NCC1Cc2cc(Oc3ccccc3)ccc2O1. The van der Waals surface area contributed by atoms with Crippen molar-refractivity contribution in [2.24, 2.45) is 0 Å². The summed E-state index contributed by atoms with van der Waals surface area (Å²) in [6.45, 7) is 0.234. The van der Waals surface area contributed by atoms with Gasteiger partial charge < -0.3 is 19.5 Å². The van der Waals surface area contributed by atoms with Crippen LogP contribution in [0.4, 0.5) is 0 Å². The molecule has 1 N–H and O–H groups in total. The van der Waals surface area contributed by atoms with Crippen LogP contribution < -0.4 is 14.8 Å². The number of methoxy groups -OCH3 is 1. The van der Waals surface area contributed by atoms with Gasteiger partial charge in [-0.15, -0.1) is 0 Å². The van der Waals surface area contributed by atoms with Crippen molar-refractivity contribution in [3.8, 4) is 17.2 Å². The van der Waals surface area contributed by atoms with Crippen LogP contribution in [0.2, 0.25) is 0 Å². The van der Waals surface area contributed by atoms with E-state index in [4.69, 9.17) is 9.47 Å². The molecule has 1 heterocycles. The van der Waals surface area contributed by atoms with E-state index in [1.54, 1.807) is 0 Å². The molecular weight excluding hydrogens is 310 g/mol. The van der Waals surface area contributed by atoms with Gasteiger partial charge in [0.25, 0.3) is 0 Å². The van der Waals surface area contributed by atoms with Crippen molar-refractivity contribution in [2.75, 3.05) is 13.7 Å². The Labute approximate surface area is 139 Å². The summed E-state index contributed by atoms with van der Waals surface area (Å²) in [6, 6.07) is 15.1. The van der Waals surface area contributed by atoms with Gasteiger partial charge in [-0.1, -0.05) is 18.2 Å². The standard InChI is InChI=1S/C18H17NO5/c1-22-18(21)17(20)19-11-15-10-12-9-14(7-8-16(12)24-15)23-13-5-3-2-4-6-13/h2-9,15H,10-11H2,1H3,(H,19,20). The van der Waals surface area contributed by atoms with Crippen LogP contribution in [0.5, 0.6) is 17.2 Å². The number of carbonyl (C=O) groups excluding carboxylic acids is 2. The third kappa shape index (κ3) is 3.65. The number of ether oxygens (including phenoxy) is 3. The van der Waals surface area contributed by atoms with Crippen LogP contribution in [0.25, 0.3) is 0 Å². The van der Waals surface area contributed by atoms with Crippen molar-refractivity contribution in [1.29, 1.82) is 0 Å². The van der Waals surface area contributed by atoms with Crippen LogP contribution in [0.3, 0.4) is 0 Å². The number of nitrogens with one attached hydrogen (secondary N) is 1. The second-order valence-electron chi connectivity index (χ2n) is 5.33. The Balaban J connectivity index is 1.59. The fourth-order valence-electron chi connectivity index (χ4n) is 2.47. The smallest absolute Gasteiger partial charge is 0.396 e. The quantitative estimate of drug-likeness (QED) is 0.687. The molecule has 1 atom stereocenters. The lowest BCUT2D eigenvalue weighted by Gasteiger charge is -2.10. The Morgan fingerprint density at radius 2 is 1.96 bits per heavy atom. The molecule has 1 unspecified atom stereocenters. The van der Waals surface area contributed by atoms with E-state index in [1.807, 2.05) is 48.5 Å². The number of hydrogen-bond donors (Lipinski definition) is 1. The van der Waals surface area contributed by atoms with E-state index in [0.29, 0.717) is 6.42 Å². The normalized spacial score (nSPS) is 15.1. The molecule has 0 spiro atoms. The Morgan fingerprint density at radius 3 is 2.71 bits per heavy atom. The van der Waals surface area contributed by atoms with E-state index >= 15 is 0 Å². The Morgan fingerprint density at radius 1 is 1.17 bits per heavy atom. The minimum atomic E-state index is -0.913. The third-order valence-corrected chi connectivity index (χ3v) is 3.61. The monoisotopic (exact) mass is 327 g/mol. The number of fused-ring (bicyclic) bond motifs is 1. The molecular formula is C18H17NO5. The van der Waals surface area contributed by atoms with Gasteiger partial charge in [0.15, 0.2) is 0 Å². The molecule has 0 aromatic heterocycles. The van der Waals surface area contributed by atoms with Crippen LogP contribution in [-0.4, -0.2) is 31.6 Å². The zero-order valence-electron chi connectivity index (χ0n) is 13.2. The van der Waals surface area contributed by atoms with Gasteiger partial charge in [-0.05, 0) is 30.3 Å². The Bertz CT molecular complexity index is 744. The highest BCUT2D eigenvalue weighted by Crippen LogP contribution is 2.33. The van der Waals surface area contributed by atoms with Crippen LogP contribution in [0.1, 0.15) is 5.56 Å². The lowest BCUT2D eigenvalue weighted by Crippen LogP contribution is -2.38. The van der Waals surface area contributed by atoms with Gasteiger partial charge in [-0.2, -0.15) is 0 Å². The summed E-state index contributed by atoms with van der Waals surface area (Å²) in [4.78, 5) is 22.5. The number of esters is 1. The van der Waals surface area contributed by atoms with E-state index in [2.05, 4.69) is 10.1 Å². The van der Waals surface area contributed by atoms with Crippen LogP contribution >= 0.6 is 0 Å². The molecule has 0 fully saturated rings. The maximum absolute atomic E-state index is 11.4. The van der Waals surface area contributed by atoms with E-state index in [0.717, 1.165) is 29.9 Å². The van der Waals surface area contributed by atoms with Gasteiger partial charge in [0.1, 0.15) is 23.4 Å². The molecule has 0 radical (unpaired) electrons. The molecule has 2 aromatic rings. The first-order chi connectivity index (χ1) is 11.7. The molecule has 0 aliphatic carbocycles. The molecule has 2 aromatic carbocycles. The van der Waals surface area contributed by atoms with Gasteiger partial charge >= 0.3 is 11.9 Å². The maximum atomic E-state index is 11.4. The van der Waals surface area contributed by atoms with Crippen LogP contribution in [-0.2, 0) is 20.7 Å². The third-order valence-electron chi connectivity index (χ3n) is 3.61. The van der Waals surface area contributed by atoms with Gasteiger partial charge in [-0.25, -0.2) is 4.79 Å². The summed E-state index contributed by atoms with van der Waals surface area (Å²) in [5, 5.41) is 2.49. The highest BCUT2D eigenvalue weighted by Gasteiger charge is 2.25. The summed E-state index contributed by atoms with van der Waals surface area (Å²) in [5.41, 5.74) is 1.00. The minimum absolute atomic E-state index is 0.222. The summed E-state index contributed by atoms with van der Waals surface area (Å²) in [7, 11) is 1.16. The summed E-state index contributed by atoms with van der Waals surface area (Å²) in [5.74, 6) is 0.558. The maximum Gasteiger partial charge on any atom is 0.396 e. The summed E-state index contributed by atoms with van der Waals surface area (Å²) >= 11 is 0. The van der Waals surface area contributed by atoms with Crippen LogP contribution in [0.15, 0.2) is 48.5 Å². The number of hydrogen-bond acceptors (Lipinski definition) is 5. The molecule has 0 bridgehead atoms. The van der Waals surface area contributed by atoms with Gasteiger partial charge in [0.2, 0.25) is 0 Å². The van der Waals surface area contributed by atoms with Crippen LogP contribution in [0, 0.1) is 0 Å². The fourth-order valence-corrected chi connectivity index (χ4v) is 2.47. The van der Waals surface area contributed by atoms with E-state index in [-0.39, 0.29) is 12.6 Å². The first kappa shape index (κ1) is 15.9. The van der Waals surface area contributed by atoms with Crippen molar-refractivity contribution in [3.05, 3.63) is 54.1 Å². The van der Waals surface area contributed by atoms with Crippen molar-refractivity contribution in [2.45, 2.75) is 12.5 Å². The van der Waals surface area contributed by atoms with E-state index < -0.39 is 11.9 Å².